The van der Waals surface area contributed by atoms with Crippen LogP contribution in [0.25, 0.3) is 5.69 Å². The zero-order valence-electron chi connectivity index (χ0n) is 12.0. The maximum atomic E-state index is 11.7. The van der Waals surface area contributed by atoms with E-state index in [0.29, 0.717) is 5.69 Å². The fourth-order valence-corrected chi connectivity index (χ4v) is 2.06. The topological polar surface area (TPSA) is 53.3 Å². The first kappa shape index (κ1) is 13.9. The molecule has 3 aromatic rings. The van der Waals surface area contributed by atoms with Crippen molar-refractivity contribution in [2.75, 3.05) is 7.11 Å². The minimum Gasteiger partial charge on any atom is -0.464 e. The molecule has 0 atom stereocenters. The van der Waals surface area contributed by atoms with E-state index < -0.39 is 5.97 Å². The Morgan fingerprint density at radius 1 is 1.00 bits per heavy atom. The van der Waals surface area contributed by atoms with Crippen molar-refractivity contribution >= 4 is 5.97 Å². The maximum absolute atomic E-state index is 11.7. The van der Waals surface area contributed by atoms with Crippen LogP contribution in [0, 0.1) is 0 Å². The lowest BCUT2D eigenvalue weighted by Crippen LogP contribution is -2.08. The van der Waals surface area contributed by atoms with E-state index in [1.807, 2.05) is 54.6 Å². The Morgan fingerprint density at radius 2 is 1.68 bits per heavy atom. The molecule has 0 amide bonds. The molecule has 0 aliphatic rings. The summed E-state index contributed by atoms with van der Waals surface area (Å²) in [6.07, 6.45) is 3.04. The molecule has 5 heteroatoms. The van der Waals surface area contributed by atoms with Gasteiger partial charge in [-0.1, -0.05) is 18.2 Å². The first-order valence-electron chi connectivity index (χ1n) is 6.72. The Morgan fingerprint density at radius 3 is 2.36 bits per heavy atom. The van der Waals surface area contributed by atoms with Gasteiger partial charge in [0.1, 0.15) is 11.5 Å². The molecule has 5 nitrogen and oxygen atoms in total. The van der Waals surface area contributed by atoms with Crippen LogP contribution in [0.3, 0.4) is 0 Å². The lowest BCUT2D eigenvalue weighted by molar-refractivity contribution is 0.0591. The maximum Gasteiger partial charge on any atom is 0.356 e. The third-order valence-electron chi connectivity index (χ3n) is 3.13. The van der Waals surface area contributed by atoms with Crippen LogP contribution in [0.2, 0.25) is 0 Å². The van der Waals surface area contributed by atoms with Gasteiger partial charge in [0.25, 0.3) is 0 Å². The van der Waals surface area contributed by atoms with E-state index in [9.17, 15) is 4.79 Å². The second-order valence-corrected chi connectivity index (χ2v) is 4.55. The number of methoxy groups -OCH3 is 1. The molecule has 110 valence electrons. The molecule has 0 aliphatic carbocycles. The van der Waals surface area contributed by atoms with Crippen LogP contribution >= 0.6 is 0 Å². The molecule has 0 radical (unpaired) electrons. The molecule has 0 aliphatic heterocycles. The minimum atomic E-state index is -0.429. The summed E-state index contributed by atoms with van der Waals surface area (Å²) in [5.74, 6) is 1.06. The summed E-state index contributed by atoms with van der Waals surface area (Å²) < 4.78 is 12.1. The average molecular weight is 294 g/mol. The highest BCUT2D eigenvalue weighted by Gasteiger charge is 2.13. The number of carbonyl (C=O) groups is 1. The fourth-order valence-electron chi connectivity index (χ4n) is 2.06. The molecule has 0 spiro atoms. The van der Waals surface area contributed by atoms with Crippen molar-refractivity contribution in [1.82, 2.24) is 9.55 Å². The number of ether oxygens (including phenoxy) is 2. The summed E-state index contributed by atoms with van der Waals surface area (Å²) >= 11 is 0. The normalized spacial score (nSPS) is 10.2. The van der Waals surface area contributed by atoms with E-state index >= 15 is 0 Å². The van der Waals surface area contributed by atoms with Crippen LogP contribution in [0.15, 0.2) is 67.1 Å². The molecule has 0 N–H and O–H groups in total. The van der Waals surface area contributed by atoms with Gasteiger partial charge >= 0.3 is 5.97 Å². The van der Waals surface area contributed by atoms with Gasteiger partial charge in [-0.05, 0) is 36.4 Å². The molecule has 1 aromatic heterocycles. The number of aromatic nitrogens is 2. The van der Waals surface area contributed by atoms with Crippen LogP contribution in [-0.2, 0) is 4.74 Å². The summed E-state index contributed by atoms with van der Waals surface area (Å²) in [6.45, 7) is 0. The number of para-hydroxylation sites is 1. The Hall–Kier alpha value is -3.08. The van der Waals surface area contributed by atoms with Gasteiger partial charge < -0.3 is 9.47 Å². The largest absolute Gasteiger partial charge is 0.464 e. The lowest BCUT2D eigenvalue weighted by atomic mass is 10.3. The summed E-state index contributed by atoms with van der Waals surface area (Å²) in [5.41, 5.74) is 1.18. The van der Waals surface area contributed by atoms with E-state index in [1.54, 1.807) is 10.9 Å². The van der Waals surface area contributed by atoms with E-state index in [-0.39, 0.29) is 0 Å². The third kappa shape index (κ3) is 2.83. The van der Waals surface area contributed by atoms with Crippen LogP contribution in [-0.4, -0.2) is 22.6 Å². The van der Waals surface area contributed by atoms with Crippen molar-refractivity contribution in [1.29, 1.82) is 0 Å². The van der Waals surface area contributed by atoms with Gasteiger partial charge in [-0.25, -0.2) is 9.78 Å². The smallest absolute Gasteiger partial charge is 0.356 e. The average Bonchev–Trinajstić information content (AvgIpc) is 3.05. The molecule has 0 saturated carbocycles. The van der Waals surface area contributed by atoms with Gasteiger partial charge in [-0.3, -0.25) is 4.57 Å². The number of carbonyl (C=O) groups excluding carboxylic acids is 1. The summed E-state index contributed by atoms with van der Waals surface area (Å²) in [4.78, 5) is 15.7. The summed E-state index contributed by atoms with van der Waals surface area (Å²) in [7, 11) is 1.34. The van der Waals surface area contributed by atoms with Crippen molar-refractivity contribution in [2.45, 2.75) is 0 Å². The number of hydrogen-bond donors (Lipinski definition) is 0. The monoisotopic (exact) mass is 294 g/mol. The summed E-state index contributed by atoms with van der Waals surface area (Å²) in [5, 5.41) is 0. The molecular weight excluding hydrogens is 280 g/mol. The molecule has 0 unspecified atom stereocenters. The molecule has 1 heterocycles. The van der Waals surface area contributed by atoms with Gasteiger partial charge in [0.05, 0.1) is 19.6 Å². The van der Waals surface area contributed by atoms with Gasteiger partial charge in [0.2, 0.25) is 0 Å². The van der Waals surface area contributed by atoms with Crippen molar-refractivity contribution in [3.63, 3.8) is 0 Å². The molecule has 3 rings (SSSR count). The lowest BCUT2D eigenvalue weighted by Gasteiger charge is -2.09. The van der Waals surface area contributed by atoms with E-state index in [1.165, 1.54) is 13.3 Å². The Balaban J connectivity index is 1.83. The Labute approximate surface area is 127 Å². The van der Waals surface area contributed by atoms with Gasteiger partial charge in [0.15, 0.2) is 5.69 Å². The predicted molar refractivity (Wildman–Crippen MR) is 81.4 cm³/mol. The number of nitrogens with zero attached hydrogens (tertiary/aromatic N) is 2. The van der Waals surface area contributed by atoms with Crippen LogP contribution < -0.4 is 4.74 Å². The Kier molecular flexibility index (Phi) is 3.87. The third-order valence-corrected chi connectivity index (χ3v) is 3.13. The zero-order chi connectivity index (χ0) is 15.4. The number of benzene rings is 2. The second-order valence-electron chi connectivity index (χ2n) is 4.55. The molecule has 0 fully saturated rings. The molecule has 0 bridgehead atoms. The highest BCUT2D eigenvalue weighted by Crippen LogP contribution is 2.22. The van der Waals surface area contributed by atoms with Gasteiger partial charge in [-0.2, -0.15) is 0 Å². The Bertz CT molecular complexity index is 764. The van der Waals surface area contributed by atoms with Crippen LogP contribution in [0.1, 0.15) is 10.5 Å². The molecule has 2 aromatic carbocycles. The van der Waals surface area contributed by atoms with E-state index in [0.717, 1.165) is 17.2 Å². The number of hydrogen-bond acceptors (Lipinski definition) is 4. The molecule has 22 heavy (non-hydrogen) atoms. The highest BCUT2D eigenvalue weighted by molar-refractivity contribution is 5.87. The quantitative estimate of drug-likeness (QED) is 0.692. The van der Waals surface area contributed by atoms with Crippen molar-refractivity contribution in [3.8, 4) is 17.2 Å². The first-order chi connectivity index (χ1) is 10.8. The SMILES string of the molecule is COC(=O)c1cncn1-c1ccc(Oc2ccccc2)cc1. The van der Waals surface area contributed by atoms with E-state index in [2.05, 4.69) is 4.98 Å². The molecule has 0 saturated heterocycles. The minimum absolute atomic E-state index is 0.374. The number of rotatable bonds is 4. The highest BCUT2D eigenvalue weighted by atomic mass is 16.5. The van der Waals surface area contributed by atoms with Crippen molar-refractivity contribution in [2.24, 2.45) is 0 Å². The fraction of sp³-hybridized carbons (Fsp3) is 0.0588. The summed E-state index contributed by atoms with van der Waals surface area (Å²) in [6, 6.07) is 16.9. The van der Waals surface area contributed by atoms with Crippen LogP contribution in [0.4, 0.5) is 0 Å². The van der Waals surface area contributed by atoms with Gasteiger partial charge in [-0.15, -0.1) is 0 Å². The zero-order valence-corrected chi connectivity index (χ0v) is 12.0. The molecular formula is C17H14N2O3. The van der Waals surface area contributed by atoms with Crippen molar-refractivity contribution < 1.29 is 14.3 Å². The number of esters is 1. The van der Waals surface area contributed by atoms with Gasteiger partial charge in [0, 0.05) is 5.69 Å². The first-order valence-corrected chi connectivity index (χ1v) is 6.72. The standard InChI is InChI=1S/C17H14N2O3/c1-21-17(20)16-11-18-12-19(16)13-7-9-15(10-8-13)22-14-5-3-2-4-6-14/h2-12H,1H3. The number of imidazole rings is 1. The predicted octanol–water partition coefficient (Wildman–Crippen LogP) is 3.45. The van der Waals surface area contributed by atoms with E-state index in [4.69, 9.17) is 9.47 Å². The van der Waals surface area contributed by atoms with Crippen LogP contribution in [0.5, 0.6) is 11.5 Å². The second kappa shape index (κ2) is 6.13. The van der Waals surface area contributed by atoms with Crippen molar-refractivity contribution in [3.05, 3.63) is 72.8 Å².